The summed E-state index contributed by atoms with van der Waals surface area (Å²) in [6, 6.07) is 0. The predicted molar refractivity (Wildman–Crippen MR) is 36.5 cm³/mol. The molecule has 1 heterocycles. The zero-order valence-electron chi connectivity index (χ0n) is 6.37. The first-order valence-electron chi connectivity index (χ1n) is 3.45. The van der Waals surface area contributed by atoms with Crippen molar-refractivity contribution in [2.75, 3.05) is 20.1 Å². The first-order valence-corrected chi connectivity index (χ1v) is 3.45. The van der Waals surface area contributed by atoms with Crippen molar-refractivity contribution in [1.82, 2.24) is 4.90 Å². The van der Waals surface area contributed by atoms with E-state index in [2.05, 4.69) is 0 Å². The fourth-order valence-corrected chi connectivity index (χ4v) is 1.16. The summed E-state index contributed by atoms with van der Waals surface area (Å²) < 4.78 is -1.33. The van der Waals surface area contributed by atoms with Crippen LogP contribution in [0.2, 0.25) is 0 Å². The Hall–Kier alpha value is -0.280. The molecular formula is C5H12N2O5. The van der Waals surface area contributed by atoms with Crippen LogP contribution >= 0.6 is 0 Å². The third kappa shape index (κ3) is 1.31. The SMILES string of the molecule is [O-][N+]1(CO)CN(CO)C(O)C1O. The Morgan fingerprint density at radius 3 is 2.25 bits per heavy atom. The van der Waals surface area contributed by atoms with E-state index in [-0.39, 0.29) is 6.67 Å². The van der Waals surface area contributed by atoms with Gasteiger partial charge in [-0.1, -0.05) is 0 Å². The summed E-state index contributed by atoms with van der Waals surface area (Å²) >= 11 is 0. The number of aliphatic hydroxyl groups excluding tert-OH is 4. The molecule has 12 heavy (non-hydrogen) atoms. The topological polar surface area (TPSA) is 107 Å². The van der Waals surface area contributed by atoms with Gasteiger partial charge in [0.05, 0.1) is 0 Å². The van der Waals surface area contributed by atoms with Crippen LogP contribution in [0.1, 0.15) is 0 Å². The van der Waals surface area contributed by atoms with Crippen LogP contribution in [0.25, 0.3) is 0 Å². The highest BCUT2D eigenvalue weighted by atomic mass is 16.6. The number of hydroxylamine groups is 3. The van der Waals surface area contributed by atoms with E-state index in [0.717, 1.165) is 4.90 Å². The molecule has 3 atom stereocenters. The molecule has 1 rings (SSSR count). The molecular weight excluding hydrogens is 168 g/mol. The summed E-state index contributed by atoms with van der Waals surface area (Å²) in [6.07, 6.45) is -3.04. The molecule has 1 fully saturated rings. The average Bonchev–Trinajstić information content (AvgIpc) is 2.31. The highest BCUT2D eigenvalue weighted by Crippen LogP contribution is 2.23. The molecule has 1 aliphatic heterocycles. The number of hydrogen-bond acceptors (Lipinski definition) is 6. The second-order valence-electron chi connectivity index (χ2n) is 2.79. The van der Waals surface area contributed by atoms with Gasteiger partial charge in [-0.25, -0.2) is 0 Å². The minimum Gasteiger partial charge on any atom is -0.628 e. The standard InChI is InChI=1S/C5H12N2O5/c8-2-6-1-7(12,3-9)5(11)4(6)10/h4-5,8-11H,1-3H2. The van der Waals surface area contributed by atoms with E-state index in [0.29, 0.717) is 0 Å². The first kappa shape index (κ1) is 9.81. The third-order valence-electron chi connectivity index (χ3n) is 1.96. The third-order valence-corrected chi connectivity index (χ3v) is 1.96. The first-order chi connectivity index (χ1) is 5.55. The molecule has 0 saturated carbocycles. The lowest BCUT2D eigenvalue weighted by atomic mass is 10.5. The minimum atomic E-state index is -1.62. The molecule has 7 heteroatoms. The molecule has 3 unspecified atom stereocenters. The molecule has 0 spiro atoms. The molecule has 0 amide bonds. The molecule has 0 aliphatic carbocycles. The van der Waals surface area contributed by atoms with Gasteiger partial charge in [-0.15, -0.1) is 0 Å². The van der Waals surface area contributed by atoms with Crippen LogP contribution in [0.15, 0.2) is 0 Å². The van der Waals surface area contributed by atoms with Gasteiger partial charge in [0.15, 0.2) is 13.0 Å². The highest BCUT2D eigenvalue weighted by Gasteiger charge is 2.45. The monoisotopic (exact) mass is 180 g/mol. The van der Waals surface area contributed by atoms with Crippen LogP contribution in [0, 0.1) is 5.21 Å². The Morgan fingerprint density at radius 2 is 2.00 bits per heavy atom. The van der Waals surface area contributed by atoms with E-state index < -0.39 is 30.6 Å². The Kier molecular flexibility index (Phi) is 2.64. The lowest BCUT2D eigenvalue weighted by Gasteiger charge is -2.38. The normalized spacial score (nSPS) is 43.8. The fraction of sp³-hybridized carbons (Fsp3) is 1.00. The number of hydrogen-bond donors (Lipinski definition) is 4. The zero-order valence-corrected chi connectivity index (χ0v) is 6.37. The lowest BCUT2D eigenvalue weighted by molar-refractivity contribution is -0.936. The summed E-state index contributed by atoms with van der Waals surface area (Å²) in [5.74, 6) is 0. The van der Waals surface area contributed by atoms with Crippen molar-refractivity contribution in [2.45, 2.75) is 12.5 Å². The highest BCUT2D eigenvalue weighted by molar-refractivity contribution is 4.67. The smallest absolute Gasteiger partial charge is 0.234 e. The molecule has 1 saturated heterocycles. The maximum Gasteiger partial charge on any atom is 0.234 e. The Labute approximate surface area is 68.8 Å². The summed E-state index contributed by atoms with van der Waals surface area (Å²) in [7, 11) is 0. The van der Waals surface area contributed by atoms with Crippen LogP contribution in [0.4, 0.5) is 0 Å². The number of aliphatic hydroxyl groups is 4. The molecule has 4 N–H and O–H groups in total. The average molecular weight is 180 g/mol. The van der Waals surface area contributed by atoms with Gasteiger partial charge in [0.2, 0.25) is 6.23 Å². The van der Waals surface area contributed by atoms with Crippen LogP contribution in [-0.2, 0) is 0 Å². The van der Waals surface area contributed by atoms with Gasteiger partial charge in [0.1, 0.15) is 13.4 Å². The maximum atomic E-state index is 11.3. The van der Waals surface area contributed by atoms with E-state index in [9.17, 15) is 5.21 Å². The van der Waals surface area contributed by atoms with E-state index >= 15 is 0 Å². The molecule has 0 aromatic carbocycles. The largest absolute Gasteiger partial charge is 0.628 e. The number of quaternary nitrogens is 1. The second-order valence-corrected chi connectivity index (χ2v) is 2.79. The molecule has 72 valence electrons. The van der Waals surface area contributed by atoms with Crippen molar-refractivity contribution in [3.05, 3.63) is 5.21 Å². The summed E-state index contributed by atoms with van der Waals surface area (Å²) in [5.41, 5.74) is 0. The quantitative estimate of drug-likeness (QED) is 0.268. The van der Waals surface area contributed by atoms with Gasteiger partial charge >= 0.3 is 0 Å². The van der Waals surface area contributed by atoms with Gasteiger partial charge in [-0.05, 0) is 0 Å². The van der Waals surface area contributed by atoms with Gasteiger partial charge < -0.3 is 25.6 Å². The minimum absolute atomic E-state index is 0.324. The van der Waals surface area contributed by atoms with Crippen molar-refractivity contribution >= 4 is 0 Å². The van der Waals surface area contributed by atoms with Crippen LogP contribution in [0.5, 0.6) is 0 Å². The number of nitrogens with zero attached hydrogens (tertiary/aromatic N) is 2. The van der Waals surface area contributed by atoms with Crippen molar-refractivity contribution in [2.24, 2.45) is 0 Å². The molecule has 0 aromatic rings. The van der Waals surface area contributed by atoms with E-state index in [1.165, 1.54) is 0 Å². The van der Waals surface area contributed by atoms with Crippen LogP contribution in [0.3, 0.4) is 0 Å². The van der Waals surface area contributed by atoms with Gasteiger partial charge in [-0.3, -0.25) is 4.65 Å². The Balaban J connectivity index is 2.72. The number of rotatable bonds is 2. The maximum absolute atomic E-state index is 11.3. The van der Waals surface area contributed by atoms with Crippen molar-refractivity contribution in [3.63, 3.8) is 0 Å². The van der Waals surface area contributed by atoms with Gasteiger partial charge in [0, 0.05) is 0 Å². The van der Waals surface area contributed by atoms with Crippen molar-refractivity contribution < 1.29 is 25.1 Å². The molecule has 7 nitrogen and oxygen atoms in total. The van der Waals surface area contributed by atoms with Crippen LogP contribution < -0.4 is 0 Å². The molecule has 0 radical (unpaired) electrons. The summed E-state index contributed by atoms with van der Waals surface area (Å²) in [6.45, 7) is -1.68. The molecule has 0 aromatic heterocycles. The van der Waals surface area contributed by atoms with Crippen molar-refractivity contribution in [3.8, 4) is 0 Å². The summed E-state index contributed by atoms with van der Waals surface area (Å²) in [4.78, 5) is 0.966. The fourth-order valence-electron chi connectivity index (χ4n) is 1.16. The van der Waals surface area contributed by atoms with Gasteiger partial charge in [0.25, 0.3) is 0 Å². The van der Waals surface area contributed by atoms with E-state index in [4.69, 9.17) is 20.4 Å². The van der Waals surface area contributed by atoms with E-state index in [1.54, 1.807) is 0 Å². The van der Waals surface area contributed by atoms with E-state index in [1.807, 2.05) is 0 Å². The molecule has 0 bridgehead atoms. The second kappa shape index (κ2) is 3.23. The Bertz CT molecular complexity index is 168. The van der Waals surface area contributed by atoms with Gasteiger partial charge in [-0.2, -0.15) is 4.90 Å². The van der Waals surface area contributed by atoms with Crippen molar-refractivity contribution in [1.29, 1.82) is 0 Å². The lowest BCUT2D eigenvalue weighted by Crippen LogP contribution is -2.49. The van der Waals surface area contributed by atoms with Crippen LogP contribution in [-0.4, -0.2) is 62.6 Å². The molecule has 1 aliphatic rings. The summed E-state index contributed by atoms with van der Waals surface area (Å²) in [5, 5.41) is 46.7. The Morgan fingerprint density at radius 1 is 1.42 bits per heavy atom. The zero-order chi connectivity index (χ0) is 9.35. The predicted octanol–water partition coefficient (Wildman–Crippen LogP) is -2.89.